The molecule has 4 atom stereocenters. The molecule has 0 aliphatic heterocycles. The van der Waals surface area contributed by atoms with Gasteiger partial charge < -0.3 is 75.5 Å². The highest BCUT2D eigenvalue weighted by Gasteiger charge is 2.73. The molecule has 0 aliphatic rings. The molecular weight excluding hydrogens is 896 g/mol. The molecule has 0 amide bonds. The van der Waals surface area contributed by atoms with E-state index in [9.17, 15) is 99.6 Å². The molecule has 23 nitrogen and oxygen atoms in total. The zero-order valence-electron chi connectivity index (χ0n) is 33.6. The van der Waals surface area contributed by atoms with E-state index in [4.69, 9.17) is 14.2 Å². The summed E-state index contributed by atoms with van der Waals surface area (Å²) < 4.78 is 14.6. The molecule has 0 saturated heterocycles. The van der Waals surface area contributed by atoms with Crippen molar-refractivity contribution in [2.75, 3.05) is 0 Å². The maximum absolute atomic E-state index is 14.2. The van der Waals surface area contributed by atoms with Gasteiger partial charge in [0.05, 0.1) is 0 Å². The van der Waals surface area contributed by atoms with Crippen molar-refractivity contribution in [3.05, 3.63) is 119 Å². The number of rotatable bonds is 19. The number of carboxylic acid groups (broad SMARTS) is 3. The van der Waals surface area contributed by atoms with E-state index >= 15 is 0 Å². The number of hydrogen-bond acceptors (Lipinski definition) is 20. The Balaban J connectivity index is 1.92. The molecule has 0 bridgehead atoms. The maximum atomic E-state index is 14.2. The van der Waals surface area contributed by atoms with Crippen LogP contribution in [0.4, 0.5) is 0 Å². The van der Waals surface area contributed by atoms with Crippen LogP contribution >= 0.6 is 0 Å². The van der Waals surface area contributed by atoms with Crippen molar-refractivity contribution >= 4 is 71.7 Å². The zero-order valence-corrected chi connectivity index (χ0v) is 33.6. The number of carbonyl (C=O) groups excluding carboxylic acids is 5. The quantitative estimate of drug-likeness (QED) is 0.0209. The minimum absolute atomic E-state index is 0.0267. The van der Waals surface area contributed by atoms with Crippen LogP contribution in [0.25, 0.3) is 24.3 Å². The Kier molecular flexibility index (Phi) is 15.4. The maximum Gasteiger partial charge on any atom is 0.360 e. The minimum Gasteiger partial charge on any atom is -0.504 e. The number of aliphatic hydroxyl groups is 1. The summed E-state index contributed by atoms with van der Waals surface area (Å²) in [7, 11) is 0. The Hall–Kier alpha value is -9.64. The van der Waals surface area contributed by atoms with E-state index in [2.05, 4.69) is 0 Å². The Morgan fingerprint density at radius 1 is 0.433 bits per heavy atom. The lowest BCUT2D eigenvalue weighted by Crippen LogP contribution is -2.73. The fourth-order valence-electron chi connectivity index (χ4n) is 5.54. The third kappa shape index (κ3) is 11.5. The van der Waals surface area contributed by atoms with E-state index in [1.165, 1.54) is 0 Å². The molecule has 0 aliphatic carbocycles. The highest BCUT2D eigenvalue weighted by atomic mass is 16.6. The molecule has 0 spiro atoms. The van der Waals surface area contributed by atoms with E-state index in [-0.39, 0.29) is 34.4 Å². The van der Waals surface area contributed by atoms with Crippen LogP contribution in [0.2, 0.25) is 0 Å². The van der Waals surface area contributed by atoms with Crippen molar-refractivity contribution in [2.24, 2.45) is 0 Å². The van der Waals surface area contributed by atoms with Gasteiger partial charge in [-0.1, -0.05) is 36.4 Å². The molecule has 67 heavy (non-hydrogen) atoms. The Morgan fingerprint density at radius 3 is 1.07 bits per heavy atom. The second-order valence-electron chi connectivity index (χ2n) is 13.5. The van der Waals surface area contributed by atoms with Gasteiger partial charge in [0.25, 0.3) is 5.60 Å². The summed E-state index contributed by atoms with van der Waals surface area (Å²) in [6.45, 7) is 0. The summed E-state index contributed by atoms with van der Waals surface area (Å²) in [5.74, 6) is -24.5. The zero-order chi connectivity index (χ0) is 50.0. The molecule has 0 unspecified atom stereocenters. The number of aromatic hydroxyl groups is 8. The summed E-state index contributed by atoms with van der Waals surface area (Å²) in [4.78, 5) is 107. The van der Waals surface area contributed by atoms with Gasteiger partial charge in [0, 0.05) is 12.2 Å². The van der Waals surface area contributed by atoms with Gasteiger partial charge in [0.15, 0.2) is 46.0 Å². The fraction of sp³-hybridized carbons (Fsp3) is 0.0909. The molecule has 0 radical (unpaired) electrons. The Labute approximate surface area is 373 Å². The van der Waals surface area contributed by atoms with Crippen LogP contribution in [-0.4, -0.2) is 132 Å². The normalized spacial score (nSPS) is 14.2. The van der Waals surface area contributed by atoms with Gasteiger partial charge >= 0.3 is 41.4 Å². The third-order valence-electron chi connectivity index (χ3n) is 8.99. The van der Waals surface area contributed by atoms with Gasteiger partial charge in [0.1, 0.15) is 0 Å². The molecule has 348 valence electrons. The van der Waals surface area contributed by atoms with Gasteiger partial charge in [-0.15, -0.1) is 0 Å². The number of benzene rings is 4. The topological polar surface area (TPSA) is 407 Å². The van der Waals surface area contributed by atoms with Gasteiger partial charge in [-0.25, -0.2) is 28.8 Å². The summed E-state index contributed by atoms with van der Waals surface area (Å²) in [5.41, 5.74) is -10.2. The average Bonchev–Trinajstić information content (AvgIpc) is 3.27. The summed E-state index contributed by atoms with van der Waals surface area (Å²) in [6, 6.07) is 11.3. The lowest BCUT2D eigenvalue weighted by Gasteiger charge is -2.37. The van der Waals surface area contributed by atoms with Crippen molar-refractivity contribution in [2.45, 2.75) is 23.4 Å². The minimum atomic E-state index is -4.81. The van der Waals surface area contributed by atoms with Crippen molar-refractivity contribution in [1.82, 2.24) is 0 Å². The molecule has 12 N–H and O–H groups in total. The van der Waals surface area contributed by atoms with Crippen molar-refractivity contribution in [1.29, 1.82) is 0 Å². The lowest BCUT2D eigenvalue weighted by molar-refractivity contribution is -0.221. The van der Waals surface area contributed by atoms with Crippen molar-refractivity contribution < 1.29 is 114 Å². The number of aliphatic carboxylic acids is 3. The van der Waals surface area contributed by atoms with E-state index in [1.54, 1.807) is 0 Å². The Bertz CT molecular complexity index is 2780. The third-order valence-corrected chi connectivity index (χ3v) is 8.99. The van der Waals surface area contributed by atoms with Crippen LogP contribution in [0.1, 0.15) is 22.3 Å². The van der Waals surface area contributed by atoms with Crippen LogP contribution in [0.5, 0.6) is 46.0 Å². The number of phenolic OH excluding ortho intramolecular Hbond substituents is 8. The van der Waals surface area contributed by atoms with Gasteiger partial charge in [0.2, 0.25) is 23.8 Å². The van der Waals surface area contributed by atoms with Crippen LogP contribution in [0.3, 0.4) is 0 Å². The summed E-state index contributed by atoms with van der Waals surface area (Å²) in [5, 5.41) is 121. The van der Waals surface area contributed by atoms with Gasteiger partial charge in [-0.2, -0.15) is 0 Å². The number of ketones is 2. The predicted molar refractivity (Wildman–Crippen MR) is 222 cm³/mol. The first-order valence-electron chi connectivity index (χ1n) is 18.4. The van der Waals surface area contributed by atoms with Crippen LogP contribution in [0, 0.1) is 0 Å². The number of hydrogen-bond donors (Lipinski definition) is 12. The molecular formula is C44H34O23. The molecule has 0 fully saturated rings. The van der Waals surface area contributed by atoms with E-state index in [1.807, 2.05) is 0 Å². The van der Waals surface area contributed by atoms with E-state index < -0.39 is 117 Å². The number of carbonyl (C=O) groups is 8. The SMILES string of the molecule is O=C(C=Cc1ccc(O)c(O)c1)O[C@@H](C(=O)O)[C@@H](OC(=O)C=Cc1ccc(O)c(O)c1)C(=O)O[C@](C(=O)O)(C(=O)C=Cc1ccc(O)c(O)c1)[C@@](O)(C(=O)O)C(=O)C=Cc1ccc(O)c(O)c1. The summed E-state index contributed by atoms with van der Waals surface area (Å²) >= 11 is 0. The van der Waals surface area contributed by atoms with Crippen LogP contribution in [0.15, 0.2) is 97.1 Å². The molecule has 0 saturated carbocycles. The highest BCUT2D eigenvalue weighted by molar-refractivity contribution is 6.28. The molecule has 23 heteroatoms. The lowest BCUT2D eigenvalue weighted by atomic mass is 9.75. The first-order valence-corrected chi connectivity index (χ1v) is 18.4. The molecule has 0 heterocycles. The van der Waals surface area contributed by atoms with Gasteiger partial charge in [-0.05, 0) is 95.1 Å². The first kappa shape index (κ1) is 50.0. The molecule has 4 aromatic rings. The smallest absolute Gasteiger partial charge is 0.360 e. The van der Waals surface area contributed by atoms with Crippen molar-refractivity contribution in [3.8, 4) is 46.0 Å². The van der Waals surface area contributed by atoms with E-state index in [0.29, 0.717) is 24.3 Å². The second-order valence-corrected chi connectivity index (χ2v) is 13.5. The number of esters is 3. The highest BCUT2D eigenvalue weighted by Crippen LogP contribution is 2.35. The summed E-state index contributed by atoms with van der Waals surface area (Å²) in [6.07, 6.45) is -2.40. The monoisotopic (exact) mass is 930 g/mol. The molecule has 0 aromatic heterocycles. The number of phenols is 8. The Morgan fingerprint density at radius 2 is 0.761 bits per heavy atom. The first-order chi connectivity index (χ1) is 31.4. The number of carboxylic acids is 3. The second kappa shape index (κ2) is 20.7. The molecule has 4 aromatic carbocycles. The predicted octanol–water partition coefficient (Wildman–Crippen LogP) is 1.71. The van der Waals surface area contributed by atoms with Crippen LogP contribution in [-0.2, 0) is 52.6 Å². The van der Waals surface area contributed by atoms with Crippen molar-refractivity contribution in [3.63, 3.8) is 0 Å². The van der Waals surface area contributed by atoms with Gasteiger partial charge in [-0.3, -0.25) is 9.59 Å². The fourth-order valence-corrected chi connectivity index (χ4v) is 5.54. The standard InChI is InChI=1S/C44H34O23/c45-25-9-1-21(17-29(25)49)5-13-33(53)43(64,41(60)61)44(42(62)63,34(54)14-6-22-2-10-26(46)30(50)18-22)67-40(59)38(66-36(56)16-8-24-4-12-28(48)32(52)20-24)37(39(57)58)65-35(55)15-7-23-3-11-27(47)31(51)19-23/h1-20,37-38,45-52,64H,(H,57,58)(H,60,61)(H,62,63)/t37-,38-,43+,44+/m1/s1. The number of ether oxygens (including phenoxy) is 3. The van der Waals surface area contributed by atoms with E-state index in [0.717, 1.165) is 84.9 Å². The average molecular weight is 931 g/mol. The van der Waals surface area contributed by atoms with Crippen LogP contribution < -0.4 is 0 Å². The molecule has 4 rings (SSSR count). The largest absolute Gasteiger partial charge is 0.504 e.